The second-order valence-corrected chi connectivity index (χ2v) is 15.6. The number of hydrogen-bond acceptors (Lipinski definition) is 6. The van der Waals surface area contributed by atoms with Gasteiger partial charge < -0.3 is 9.47 Å². The molecule has 0 bridgehead atoms. The topological polar surface area (TPSA) is 76.1 Å². The minimum Gasteiger partial charge on any atom is -0.492 e. The normalized spacial score (nSPS) is 20.5. The van der Waals surface area contributed by atoms with Crippen LogP contribution in [0.3, 0.4) is 0 Å². The number of ether oxygens (including phenoxy) is 2. The van der Waals surface area contributed by atoms with Gasteiger partial charge in [0, 0.05) is 38.6 Å². The average Bonchev–Trinajstić information content (AvgIpc) is 3.50. The van der Waals surface area contributed by atoms with Gasteiger partial charge in [-0.1, -0.05) is 88.7 Å². The Morgan fingerprint density at radius 3 is 2.16 bits per heavy atom. The van der Waals surface area contributed by atoms with E-state index < -0.39 is 16.1 Å². The summed E-state index contributed by atoms with van der Waals surface area (Å²) in [6.07, 6.45) is 2.19. The van der Waals surface area contributed by atoms with Gasteiger partial charge in [0.05, 0.1) is 5.75 Å². The van der Waals surface area contributed by atoms with E-state index >= 15 is 0 Å². The quantitative estimate of drug-likeness (QED) is 0.177. The van der Waals surface area contributed by atoms with Gasteiger partial charge in [0.25, 0.3) is 0 Å². The number of rotatable bonds is 16. The van der Waals surface area contributed by atoms with Crippen LogP contribution < -0.4 is 9.47 Å². The van der Waals surface area contributed by atoms with Crippen LogP contribution in [0.5, 0.6) is 11.5 Å². The molecule has 2 fully saturated rings. The maximum absolute atomic E-state index is 13.4. The third-order valence-electron chi connectivity index (χ3n) is 9.02. The van der Waals surface area contributed by atoms with E-state index in [9.17, 15) is 13.2 Å². The van der Waals surface area contributed by atoms with Crippen LogP contribution in [-0.2, 0) is 33.2 Å². The molecule has 5 rings (SSSR count). The van der Waals surface area contributed by atoms with Gasteiger partial charge in [0.1, 0.15) is 18.1 Å². The Bertz CT molecular complexity index is 1470. The van der Waals surface area contributed by atoms with Gasteiger partial charge in [0.15, 0.2) is 12.4 Å². The molecule has 0 spiro atoms. The van der Waals surface area contributed by atoms with Crippen molar-refractivity contribution in [3.05, 3.63) is 95.6 Å². The van der Waals surface area contributed by atoms with Crippen LogP contribution in [0.2, 0.25) is 0 Å². The highest BCUT2D eigenvalue weighted by Crippen LogP contribution is 2.50. The van der Waals surface area contributed by atoms with E-state index in [2.05, 4.69) is 49.9 Å². The minimum atomic E-state index is -3.37. The fourth-order valence-corrected chi connectivity index (χ4v) is 8.36. The zero-order chi connectivity index (χ0) is 32.0. The summed E-state index contributed by atoms with van der Waals surface area (Å²) in [4.78, 5) is 14.2. The predicted molar refractivity (Wildman–Crippen MR) is 179 cm³/mol. The van der Waals surface area contributed by atoms with Crippen molar-refractivity contribution in [3.8, 4) is 11.5 Å². The van der Waals surface area contributed by atoms with Crippen LogP contribution in [0.15, 0.2) is 78.9 Å². The molecule has 0 radical (unpaired) electrons. The molecule has 1 aliphatic heterocycles. The molecule has 0 N–H and O–H groups in total. The molecule has 0 amide bonds. The number of nitrogens with zero attached hydrogens (tertiary/aromatic N) is 2. The summed E-state index contributed by atoms with van der Waals surface area (Å²) in [6.45, 7) is 11.9. The molecule has 0 aromatic heterocycles. The molecule has 242 valence electrons. The average molecular weight is 633 g/mol. The van der Waals surface area contributed by atoms with E-state index in [4.69, 9.17) is 9.47 Å². The summed E-state index contributed by atoms with van der Waals surface area (Å²) in [7, 11) is -3.37. The van der Waals surface area contributed by atoms with Crippen molar-refractivity contribution in [2.75, 3.05) is 32.0 Å². The van der Waals surface area contributed by atoms with Crippen molar-refractivity contribution in [2.45, 2.75) is 71.1 Å². The minimum absolute atomic E-state index is 0.0511. The van der Waals surface area contributed by atoms with Gasteiger partial charge in [-0.2, -0.15) is 4.31 Å². The number of piperidine rings is 1. The molecule has 4 atom stereocenters. The van der Waals surface area contributed by atoms with Crippen LogP contribution in [-0.4, -0.2) is 68.0 Å². The standard InChI is InChI=1S/C37H48N2O5S/c1-5-6-22-45(41,42)39(36-34-25-38(26-35(34)36)24-29-10-8-7-9-11-29)20-21-43-31-16-12-28(13-17-31)23-33(27-40)44-32-18-14-30(15-19-32)37(2,3)4/h7-19,27,33-36H,5-6,20-26H2,1-4H3/t33-,34-,35+,36+/m0/s1. The SMILES string of the molecule is CCCCS(=O)(=O)N(CCOc1ccc(C[C@@H](C=O)Oc2ccc(C(C)(C)C)cc2)cc1)[C@H]1[C@@H]2CN(Cc3ccccc3)C[C@@H]21. The van der Waals surface area contributed by atoms with Crippen molar-refractivity contribution in [1.29, 1.82) is 0 Å². The number of unbranched alkanes of at least 4 members (excludes halogenated alkanes) is 1. The van der Waals surface area contributed by atoms with E-state index in [1.807, 2.05) is 61.5 Å². The van der Waals surface area contributed by atoms with Gasteiger partial charge in [-0.25, -0.2) is 8.42 Å². The Kier molecular flexibility index (Phi) is 10.7. The first-order valence-electron chi connectivity index (χ1n) is 16.3. The smallest absolute Gasteiger partial charge is 0.214 e. The Balaban J connectivity index is 1.13. The van der Waals surface area contributed by atoms with Crippen LogP contribution in [0.4, 0.5) is 0 Å². The molecular weight excluding hydrogens is 584 g/mol. The van der Waals surface area contributed by atoms with Gasteiger partial charge in [-0.3, -0.25) is 9.69 Å². The van der Waals surface area contributed by atoms with Crippen molar-refractivity contribution in [3.63, 3.8) is 0 Å². The summed E-state index contributed by atoms with van der Waals surface area (Å²) < 4.78 is 40.5. The van der Waals surface area contributed by atoms with Crippen molar-refractivity contribution < 1.29 is 22.7 Å². The summed E-state index contributed by atoms with van der Waals surface area (Å²) in [5.41, 5.74) is 3.51. The highest BCUT2D eigenvalue weighted by Gasteiger charge is 2.60. The third-order valence-corrected chi connectivity index (χ3v) is 11.0. The molecule has 1 saturated carbocycles. The fourth-order valence-electron chi connectivity index (χ4n) is 6.43. The zero-order valence-corrected chi connectivity index (χ0v) is 27.9. The van der Waals surface area contributed by atoms with E-state index in [1.165, 1.54) is 11.1 Å². The molecule has 1 saturated heterocycles. The Labute approximate surface area is 269 Å². The molecule has 8 heteroatoms. The van der Waals surface area contributed by atoms with E-state index in [0.717, 1.165) is 37.9 Å². The Morgan fingerprint density at radius 1 is 0.911 bits per heavy atom. The number of sulfonamides is 1. The molecule has 2 aliphatic rings. The summed E-state index contributed by atoms with van der Waals surface area (Å²) >= 11 is 0. The van der Waals surface area contributed by atoms with Gasteiger partial charge in [-0.15, -0.1) is 0 Å². The van der Waals surface area contributed by atoms with Crippen LogP contribution in [0.1, 0.15) is 57.2 Å². The lowest BCUT2D eigenvalue weighted by atomic mass is 9.87. The number of likely N-dealkylation sites (tertiary alicyclic amines) is 1. The highest BCUT2D eigenvalue weighted by atomic mass is 32.2. The third kappa shape index (κ3) is 8.75. The molecule has 45 heavy (non-hydrogen) atoms. The Morgan fingerprint density at radius 2 is 1.56 bits per heavy atom. The summed E-state index contributed by atoms with van der Waals surface area (Å²) in [5.74, 6) is 2.29. The first-order chi connectivity index (χ1) is 21.6. The molecule has 1 aliphatic carbocycles. The molecule has 0 unspecified atom stereocenters. The highest BCUT2D eigenvalue weighted by molar-refractivity contribution is 7.89. The number of carbonyl (C=O) groups excluding carboxylic acids is 1. The number of carbonyl (C=O) groups is 1. The lowest BCUT2D eigenvalue weighted by Gasteiger charge is -2.27. The first-order valence-corrected chi connectivity index (χ1v) is 17.9. The molecule has 1 heterocycles. The van der Waals surface area contributed by atoms with E-state index in [1.54, 1.807) is 4.31 Å². The lowest BCUT2D eigenvalue weighted by Crippen LogP contribution is -2.42. The van der Waals surface area contributed by atoms with Crippen molar-refractivity contribution >= 4 is 16.3 Å². The van der Waals surface area contributed by atoms with Gasteiger partial charge in [0.2, 0.25) is 10.0 Å². The van der Waals surface area contributed by atoms with E-state index in [-0.39, 0.29) is 17.2 Å². The lowest BCUT2D eigenvalue weighted by molar-refractivity contribution is -0.113. The second-order valence-electron chi connectivity index (χ2n) is 13.5. The maximum Gasteiger partial charge on any atom is 0.214 e. The molecule has 3 aromatic carbocycles. The fraction of sp³-hybridized carbons (Fsp3) is 0.486. The molecular formula is C37H48N2O5S. The zero-order valence-electron chi connectivity index (χ0n) is 27.1. The summed E-state index contributed by atoms with van der Waals surface area (Å²) in [5, 5.41) is 0. The predicted octanol–water partition coefficient (Wildman–Crippen LogP) is 6.11. The van der Waals surface area contributed by atoms with Gasteiger partial charge >= 0.3 is 0 Å². The van der Waals surface area contributed by atoms with Crippen LogP contribution in [0.25, 0.3) is 0 Å². The maximum atomic E-state index is 13.4. The number of fused-ring (bicyclic) bond motifs is 1. The van der Waals surface area contributed by atoms with Crippen molar-refractivity contribution in [2.24, 2.45) is 11.8 Å². The van der Waals surface area contributed by atoms with Crippen LogP contribution >= 0.6 is 0 Å². The number of aldehydes is 1. The van der Waals surface area contributed by atoms with Crippen molar-refractivity contribution in [1.82, 2.24) is 9.21 Å². The molecule has 3 aromatic rings. The second kappa shape index (κ2) is 14.5. The number of hydrogen-bond donors (Lipinski definition) is 0. The Hall–Kier alpha value is -3.20. The summed E-state index contributed by atoms with van der Waals surface area (Å²) in [6, 6.07) is 26.0. The monoisotopic (exact) mass is 632 g/mol. The van der Waals surface area contributed by atoms with Gasteiger partial charge in [-0.05, 0) is 64.6 Å². The first kappa shape index (κ1) is 33.2. The molecule has 7 nitrogen and oxygen atoms in total. The largest absolute Gasteiger partial charge is 0.492 e. The number of benzene rings is 3. The van der Waals surface area contributed by atoms with Crippen LogP contribution in [0, 0.1) is 11.8 Å². The van der Waals surface area contributed by atoms with E-state index in [0.29, 0.717) is 49.3 Å².